The molecule has 0 aliphatic carbocycles. The highest BCUT2D eigenvalue weighted by Crippen LogP contribution is 2.31. The molecule has 3 heterocycles. The molecule has 6 nitrogen and oxygen atoms in total. The molecule has 4 rings (SSSR count). The van der Waals surface area contributed by atoms with E-state index in [4.69, 9.17) is 16.3 Å². The van der Waals surface area contributed by atoms with Crippen molar-refractivity contribution in [3.8, 4) is 11.7 Å². The molecule has 27 heavy (non-hydrogen) atoms. The zero-order valence-corrected chi connectivity index (χ0v) is 16.5. The summed E-state index contributed by atoms with van der Waals surface area (Å²) in [7, 11) is 1.61. The Morgan fingerprint density at radius 1 is 1.26 bits per heavy atom. The highest BCUT2D eigenvalue weighted by atomic mass is 35.5. The third-order valence-corrected chi connectivity index (χ3v) is 5.63. The van der Waals surface area contributed by atoms with Gasteiger partial charge in [-0.05, 0) is 36.2 Å². The molecule has 3 aromatic heterocycles. The summed E-state index contributed by atoms with van der Waals surface area (Å²) in [6.45, 7) is 2.73. The molecule has 0 bridgehead atoms. The summed E-state index contributed by atoms with van der Waals surface area (Å²) >= 11 is 7.91. The number of aromatic nitrogens is 4. The summed E-state index contributed by atoms with van der Waals surface area (Å²) in [6.07, 6.45) is 4.51. The lowest BCUT2D eigenvalue weighted by atomic mass is 10.2. The first kappa shape index (κ1) is 17.8. The topological polar surface area (TPSA) is 64.9 Å². The lowest BCUT2D eigenvalue weighted by Crippen LogP contribution is -2.07. The molecule has 0 saturated heterocycles. The number of anilines is 1. The first-order valence-electron chi connectivity index (χ1n) is 8.54. The van der Waals surface area contributed by atoms with Crippen molar-refractivity contribution in [1.29, 1.82) is 0 Å². The van der Waals surface area contributed by atoms with Gasteiger partial charge in [0.15, 0.2) is 0 Å². The van der Waals surface area contributed by atoms with Crippen LogP contribution in [0.25, 0.3) is 16.2 Å². The zero-order chi connectivity index (χ0) is 18.8. The summed E-state index contributed by atoms with van der Waals surface area (Å²) in [6, 6.07) is 9.74. The Labute approximate surface area is 165 Å². The number of ether oxygens (including phenoxy) is 1. The number of fused-ring (bicyclic) bond motifs is 1. The van der Waals surface area contributed by atoms with E-state index in [1.165, 1.54) is 4.88 Å². The van der Waals surface area contributed by atoms with E-state index in [-0.39, 0.29) is 0 Å². The highest BCUT2D eigenvalue weighted by Gasteiger charge is 2.13. The fraction of sp³-hybridized carbons (Fsp3) is 0.211. The number of hydrogen-bond donors (Lipinski definition) is 1. The van der Waals surface area contributed by atoms with Crippen LogP contribution in [0.2, 0.25) is 5.02 Å². The fourth-order valence-electron chi connectivity index (χ4n) is 2.76. The van der Waals surface area contributed by atoms with Crippen molar-refractivity contribution in [3.63, 3.8) is 0 Å². The molecule has 0 fully saturated rings. The van der Waals surface area contributed by atoms with Gasteiger partial charge in [-0.15, -0.1) is 11.3 Å². The Balaban J connectivity index is 1.69. The van der Waals surface area contributed by atoms with Gasteiger partial charge in [0.2, 0.25) is 0 Å². The van der Waals surface area contributed by atoms with Crippen LogP contribution in [0.15, 0.2) is 42.7 Å². The van der Waals surface area contributed by atoms with Gasteiger partial charge in [-0.2, -0.15) is 15.1 Å². The lowest BCUT2D eigenvalue weighted by Gasteiger charge is -2.10. The smallest absolute Gasteiger partial charge is 0.253 e. The number of hydrogen-bond acceptors (Lipinski definition) is 6. The second-order valence-electron chi connectivity index (χ2n) is 5.93. The van der Waals surface area contributed by atoms with Gasteiger partial charge in [-0.3, -0.25) is 0 Å². The van der Waals surface area contributed by atoms with E-state index >= 15 is 0 Å². The van der Waals surface area contributed by atoms with Crippen LogP contribution in [0.5, 0.6) is 5.75 Å². The Morgan fingerprint density at radius 2 is 2.15 bits per heavy atom. The number of aryl methyl sites for hydroxylation is 1. The molecule has 0 amide bonds. The SMILES string of the molecule is CCc1cc2c(NCc3ccc(OC)c(Cl)c3)nc(-n3cccn3)nc2s1. The number of methoxy groups -OCH3 is 1. The van der Waals surface area contributed by atoms with Crippen LogP contribution in [0.1, 0.15) is 17.4 Å². The summed E-state index contributed by atoms with van der Waals surface area (Å²) < 4.78 is 6.88. The van der Waals surface area contributed by atoms with E-state index < -0.39 is 0 Å². The van der Waals surface area contributed by atoms with E-state index in [2.05, 4.69) is 33.4 Å². The minimum atomic E-state index is 0.548. The number of nitrogens with zero attached hydrogens (tertiary/aromatic N) is 4. The molecule has 1 N–H and O–H groups in total. The first-order chi connectivity index (χ1) is 13.2. The quantitative estimate of drug-likeness (QED) is 0.508. The van der Waals surface area contributed by atoms with Crippen molar-refractivity contribution in [2.24, 2.45) is 0 Å². The van der Waals surface area contributed by atoms with Crippen LogP contribution < -0.4 is 10.1 Å². The molecule has 0 saturated carbocycles. The van der Waals surface area contributed by atoms with Crippen molar-refractivity contribution in [1.82, 2.24) is 19.7 Å². The fourth-order valence-corrected chi connectivity index (χ4v) is 4.01. The normalized spacial score (nSPS) is 11.1. The van der Waals surface area contributed by atoms with Crippen LogP contribution in [0.4, 0.5) is 5.82 Å². The van der Waals surface area contributed by atoms with E-state index in [0.29, 0.717) is 23.3 Å². The van der Waals surface area contributed by atoms with E-state index in [0.717, 1.165) is 28.0 Å². The lowest BCUT2D eigenvalue weighted by molar-refractivity contribution is 0.415. The molecular formula is C19H18ClN5OS. The number of benzene rings is 1. The molecule has 0 atom stereocenters. The van der Waals surface area contributed by atoms with Crippen molar-refractivity contribution in [2.75, 3.05) is 12.4 Å². The van der Waals surface area contributed by atoms with Crippen molar-refractivity contribution in [2.45, 2.75) is 19.9 Å². The molecule has 0 aliphatic rings. The summed E-state index contributed by atoms with van der Waals surface area (Å²) in [5, 5.41) is 9.28. The number of halogens is 1. The summed E-state index contributed by atoms with van der Waals surface area (Å²) in [5.41, 5.74) is 1.04. The van der Waals surface area contributed by atoms with E-state index in [1.807, 2.05) is 30.5 Å². The van der Waals surface area contributed by atoms with E-state index in [9.17, 15) is 0 Å². The molecule has 138 valence electrons. The van der Waals surface area contributed by atoms with Crippen LogP contribution in [-0.2, 0) is 13.0 Å². The number of rotatable bonds is 6. The maximum atomic E-state index is 6.23. The van der Waals surface area contributed by atoms with Gasteiger partial charge in [-0.1, -0.05) is 24.6 Å². The minimum absolute atomic E-state index is 0.548. The highest BCUT2D eigenvalue weighted by molar-refractivity contribution is 7.18. The van der Waals surface area contributed by atoms with Gasteiger partial charge in [0.1, 0.15) is 16.4 Å². The summed E-state index contributed by atoms with van der Waals surface area (Å²) in [5.74, 6) is 2.00. The molecule has 0 aliphatic heterocycles. The number of thiophene rings is 1. The Morgan fingerprint density at radius 3 is 2.85 bits per heavy atom. The van der Waals surface area contributed by atoms with Crippen LogP contribution in [0.3, 0.4) is 0 Å². The average molecular weight is 400 g/mol. The van der Waals surface area contributed by atoms with E-state index in [1.54, 1.807) is 29.3 Å². The molecular weight excluding hydrogens is 382 g/mol. The Kier molecular flexibility index (Phi) is 4.96. The standard InChI is InChI=1S/C19H18ClN5OS/c1-3-13-10-14-17(21-11-12-5-6-16(26-2)15(20)9-12)23-19(24-18(14)27-13)25-8-4-7-22-25/h4-10H,3,11H2,1-2H3,(H,21,23,24). The monoisotopic (exact) mass is 399 g/mol. The largest absolute Gasteiger partial charge is 0.495 e. The first-order valence-corrected chi connectivity index (χ1v) is 9.74. The predicted octanol–water partition coefficient (Wildman–Crippen LogP) is 4.71. The van der Waals surface area contributed by atoms with Crippen LogP contribution >= 0.6 is 22.9 Å². The molecule has 0 radical (unpaired) electrons. The summed E-state index contributed by atoms with van der Waals surface area (Å²) in [4.78, 5) is 11.6. The molecule has 0 unspecified atom stereocenters. The average Bonchev–Trinajstić information content (AvgIpc) is 3.35. The number of nitrogens with one attached hydrogen (secondary N) is 1. The predicted molar refractivity (Wildman–Crippen MR) is 109 cm³/mol. The Bertz CT molecular complexity index is 1080. The third-order valence-electron chi connectivity index (χ3n) is 4.17. The maximum Gasteiger partial charge on any atom is 0.253 e. The van der Waals surface area contributed by atoms with Crippen molar-refractivity contribution in [3.05, 3.63) is 58.2 Å². The zero-order valence-electron chi connectivity index (χ0n) is 14.9. The van der Waals surface area contributed by atoms with Crippen molar-refractivity contribution >= 4 is 39.0 Å². The van der Waals surface area contributed by atoms with Crippen LogP contribution in [0, 0.1) is 0 Å². The molecule has 8 heteroatoms. The third kappa shape index (κ3) is 3.61. The van der Waals surface area contributed by atoms with Gasteiger partial charge in [0, 0.05) is 23.8 Å². The van der Waals surface area contributed by atoms with Gasteiger partial charge >= 0.3 is 0 Å². The second-order valence-corrected chi connectivity index (χ2v) is 7.45. The van der Waals surface area contributed by atoms with Gasteiger partial charge in [0.25, 0.3) is 5.95 Å². The van der Waals surface area contributed by atoms with Gasteiger partial charge < -0.3 is 10.1 Å². The van der Waals surface area contributed by atoms with Gasteiger partial charge in [-0.25, -0.2) is 4.68 Å². The van der Waals surface area contributed by atoms with Crippen LogP contribution in [-0.4, -0.2) is 26.9 Å². The maximum absolute atomic E-state index is 6.23. The molecule has 1 aromatic carbocycles. The second kappa shape index (κ2) is 7.54. The molecule has 4 aromatic rings. The van der Waals surface area contributed by atoms with Crippen molar-refractivity contribution < 1.29 is 4.74 Å². The minimum Gasteiger partial charge on any atom is -0.495 e. The Hall–Kier alpha value is -2.64. The molecule has 0 spiro atoms. The van der Waals surface area contributed by atoms with Gasteiger partial charge in [0.05, 0.1) is 17.5 Å².